The van der Waals surface area contributed by atoms with Gasteiger partial charge >= 0.3 is 0 Å². The summed E-state index contributed by atoms with van der Waals surface area (Å²) in [6.07, 6.45) is 0. The van der Waals surface area contributed by atoms with Crippen LogP contribution in [0.3, 0.4) is 0 Å². The maximum atomic E-state index is 10.6. The minimum atomic E-state index is -4.03. The Labute approximate surface area is 90.3 Å². The summed E-state index contributed by atoms with van der Waals surface area (Å²) in [4.78, 5) is -0.0278. The van der Waals surface area contributed by atoms with Gasteiger partial charge in [0.1, 0.15) is 0 Å². The third-order valence-corrected chi connectivity index (χ3v) is 2.39. The summed E-state index contributed by atoms with van der Waals surface area (Å²) in [5, 5.41) is 0. The molecule has 0 atom stereocenters. The molecule has 0 heterocycles. The largest absolute Gasteiger partial charge is 0.294 e. The zero-order chi connectivity index (χ0) is 8.48. The summed E-state index contributed by atoms with van der Waals surface area (Å²) in [5.74, 6) is 0. The van der Waals surface area contributed by atoms with E-state index in [0.717, 1.165) is 0 Å². The maximum absolute atomic E-state index is 10.6. The average molecular weight is 287 g/mol. The van der Waals surface area contributed by atoms with E-state index in [1.54, 1.807) is 25.1 Å². The zero-order valence-corrected chi connectivity index (χ0v) is 10.7. The van der Waals surface area contributed by atoms with E-state index in [9.17, 15) is 8.42 Å². The van der Waals surface area contributed by atoms with Gasteiger partial charge < -0.3 is 0 Å². The number of aryl methyl sites for hydroxylation is 1. The van der Waals surface area contributed by atoms with Crippen LogP contribution in [0, 0.1) is 6.92 Å². The van der Waals surface area contributed by atoms with Crippen LogP contribution in [-0.2, 0) is 10.1 Å². The van der Waals surface area contributed by atoms with Crippen molar-refractivity contribution in [2.24, 2.45) is 0 Å². The first kappa shape index (κ1) is 12.0. The predicted molar refractivity (Wildman–Crippen MR) is 46.7 cm³/mol. The first-order valence-electron chi connectivity index (χ1n) is 3.05. The third-order valence-electron chi connectivity index (χ3n) is 1.37. The van der Waals surface area contributed by atoms with Gasteiger partial charge in [-0.1, -0.05) is 18.2 Å². The van der Waals surface area contributed by atoms with Gasteiger partial charge in [0.15, 0.2) is 0 Å². The van der Waals surface area contributed by atoms with Crippen LogP contribution in [0.15, 0.2) is 29.2 Å². The van der Waals surface area contributed by atoms with E-state index in [1.165, 1.54) is 6.07 Å². The van der Waals surface area contributed by atoms with E-state index in [0.29, 0.717) is 5.56 Å². The molecule has 5 heteroatoms. The van der Waals surface area contributed by atoms with Crippen LogP contribution >= 0.6 is 0 Å². The molecule has 0 amide bonds. The van der Waals surface area contributed by atoms with Crippen LogP contribution in [0.4, 0.5) is 0 Å². The van der Waals surface area contributed by atoms with Gasteiger partial charge in [-0.2, -0.15) is 8.42 Å². The summed E-state index contributed by atoms with van der Waals surface area (Å²) in [6, 6.07) is 6.27. The Kier molecular flexibility index (Phi) is 4.30. The fourth-order valence-corrected chi connectivity index (χ4v) is 1.57. The maximum Gasteiger partial charge on any atom is 0.294 e. The van der Waals surface area contributed by atoms with Gasteiger partial charge in [-0.05, 0) is 18.6 Å². The van der Waals surface area contributed by atoms with Crippen molar-refractivity contribution in [3.05, 3.63) is 29.8 Å². The summed E-state index contributed by atoms with van der Waals surface area (Å²) >= 11 is 0. The van der Waals surface area contributed by atoms with E-state index in [1.807, 2.05) is 0 Å². The summed E-state index contributed by atoms with van der Waals surface area (Å²) in [6.45, 7) is 1.63. The van der Waals surface area contributed by atoms with E-state index in [4.69, 9.17) is 4.55 Å². The van der Waals surface area contributed by atoms with Gasteiger partial charge in [-0.25, -0.2) is 0 Å². The molecule has 0 unspecified atom stereocenters. The molecule has 0 aliphatic rings. The molecular weight excluding hydrogens is 279 g/mol. The fourth-order valence-electron chi connectivity index (χ4n) is 0.846. The number of rotatable bonds is 1. The van der Waals surface area contributed by atoms with Crippen molar-refractivity contribution in [1.82, 2.24) is 0 Å². The number of hydrogen-bond donors (Lipinski definition) is 1. The quantitative estimate of drug-likeness (QED) is 0.779. The van der Waals surface area contributed by atoms with Gasteiger partial charge in [-0.3, -0.25) is 4.55 Å². The van der Waals surface area contributed by atoms with Crippen LogP contribution < -0.4 is 0 Å². The summed E-state index contributed by atoms with van der Waals surface area (Å²) in [7, 11) is -4.03. The molecule has 0 aromatic heterocycles. The number of hydrogen-bond acceptors (Lipinski definition) is 2. The normalized spacial score (nSPS) is 10.5. The molecule has 0 saturated carbocycles. The van der Waals surface area contributed by atoms with E-state index in [-0.39, 0.29) is 30.7 Å². The Bertz CT molecular complexity index is 359. The molecule has 1 N–H and O–H groups in total. The van der Waals surface area contributed by atoms with Crippen LogP contribution in [0.2, 0.25) is 0 Å². The van der Waals surface area contributed by atoms with E-state index in [2.05, 4.69) is 0 Å². The molecule has 3 nitrogen and oxygen atoms in total. The molecule has 1 aromatic rings. The predicted octanol–water partition coefficient (Wildman–Crippen LogP) is 0.861. The van der Waals surface area contributed by atoms with Gasteiger partial charge in [0.25, 0.3) is 10.1 Å². The Morgan fingerprint density at radius 3 is 2.08 bits per heavy atom. The second kappa shape index (κ2) is 4.30. The summed E-state index contributed by atoms with van der Waals surface area (Å²) in [5.41, 5.74) is 0.551. The molecule has 0 aliphatic carbocycles. The first-order valence-corrected chi connectivity index (χ1v) is 4.49. The molecule has 0 spiro atoms. The Morgan fingerprint density at radius 2 is 1.75 bits per heavy atom. The molecule has 1 aromatic carbocycles. The molecular formula is C7H8InO3S. The Morgan fingerprint density at radius 1 is 1.25 bits per heavy atom. The average Bonchev–Trinajstić information content (AvgIpc) is 1.86. The number of benzene rings is 1. The van der Waals surface area contributed by atoms with Crippen molar-refractivity contribution >= 4 is 36.0 Å². The van der Waals surface area contributed by atoms with Gasteiger partial charge in [0.05, 0.1) is 4.90 Å². The van der Waals surface area contributed by atoms with Gasteiger partial charge in [0.2, 0.25) is 0 Å². The second-order valence-electron chi connectivity index (χ2n) is 2.24. The summed E-state index contributed by atoms with van der Waals surface area (Å²) < 4.78 is 29.9. The van der Waals surface area contributed by atoms with Crippen LogP contribution in [0.25, 0.3) is 0 Å². The Balaban J connectivity index is 0.00000121. The minimum Gasteiger partial charge on any atom is -0.282 e. The van der Waals surface area contributed by atoms with Crippen molar-refractivity contribution in [2.75, 3.05) is 0 Å². The third kappa shape index (κ3) is 2.80. The monoisotopic (exact) mass is 287 g/mol. The zero-order valence-electron chi connectivity index (χ0n) is 6.56. The van der Waals surface area contributed by atoms with Crippen molar-refractivity contribution in [3.8, 4) is 0 Å². The molecule has 0 aliphatic heterocycles. The molecule has 63 valence electrons. The molecule has 1 rings (SSSR count). The van der Waals surface area contributed by atoms with Crippen molar-refractivity contribution in [3.63, 3.8) is 0 Å². The molecule has 3 radical (unpaired) electrons. The molecule has 0 fully saturated rings. The van der Waals surface area contributed by atoms with Crippen molar-refractivity contribution < 1.29 is 13.0 Å². The molecule has 0 bridgehead atoms. The van der Waals surface area contributed by atoms with E-state index < -0.39 is 10.1 Å². The fraction of sp³-hybridized carbons (Fsp3) is 0.143. The Hall–Kier alpha value is 0.000130. The van der Waals surface area contributed by atoms with Crippen LogP contribution in [0.5, 0.6) is 0 Å². The molecule has 12 heavy (non-hydrogen) atoms. The minimum absolute atomic E-state index is 0. The van der Waals surface area contributed by atoms with Gasteiger partial charge in [0, 0.05) is 25.8 Å². The standard InChI is InChI=1S/C7H8O3S.In/c1-6-4-2-3-5-7(6)11(8,9)10;/h2-5H,1H3,(H,8,9,10);. The van der Waals surface area contributed by atoms with Gasteiger partial charge in [-0.15, -0.1) is 0 Å². The second-order valence-corrected chi connectivity index (χ2v) is 3.63. The SMILES string of the molecule is Cc1ccccc1S(=O)(=O)O.[In]. The van der Waals surface area contributed by atoms with Crippen molar-refractivity contribution in [1.29, 1.82) is 0 Å². The smallest absolute Gasteiger partial charge is 0.282 e. The molecule has 0 saturated heterocycles. The van der Waals surface area contributed by atoms with E-state index >= 15 is 0 Å². The van der Waals surface area contributed by atoms with Crippen LogP contribution in [-0.4, -0.2) is 38.8 Å². The van der Waals surface area contributed by atoms with Crippen LogP contribution in [0.1, 0.15) is 5.56 Å². The first-order chi connectivity index (χ1) is 5.02. The van der Waals surface area contributed by atoms with Crippen molar-refractivity contribution in [2.45, 2.75) is 11.8 Å². The topological polar surface area (TPSA) is 54.4 Å².